The van der Waals surface area contributed by atoms with Crippen molar-refractivity contribution < 1.29 is 0 Å². The Morgan fingerprint density at radius 1 is 1.29 bits per heavy atom. The van der Waals surface area contributed by atoms with Crippen LogP contribution in [-0.4, -0.2) is 16.5 Å². The van der Waals surface area contributed by atoms with Gasteiger partial charge in [0.1, 0.15) is 5.82 Å². The summed E-state index contributed by atoms with van der Waals surface area (Å²) in [4.78, 5) is 8.27. The summed E-state index contributed by atoms with van der Waals surface area (Å²) in [5.41, 5.74) is 3.41. The SMILES string of the molecule is CCNCc1nc2c([nH]1)CC1(CCCC1)CC2. The van der Waals surface area contributed by atoms with Gasteiger partial charge in [-0.3, -0.25) is 0 Å². The summed E-state index contributed by atoms with van der Waals surface area (Å²) < 4.78 is 0. The number of hydrogen-bond donors (Lipinski definition) is 2. The molecule has 17 heavy (non-hydrogen) atoms. The normalized spacial score (nSPS) is 21.9. The lowest BCUT2D eigenvalue weighted by molar-refractivity contribution is 0.251. The molecule has 1 heterocycles. The van der Waals surface area contributed by atoms with Crippen molar-refractivity contribution in [3.63, 3.8) is 0 Å². The molecular weight excluding hydrogens is 210 g/mol. The molecule has 1 aromatic rings. The number of aromatic nitrogens is 2. The average Bonchev–Trinajstić information content (AvgIpc) is 2.93. The molecule has 1 fully saturated rings. The van der Waals surface area contributed by atoms with Gasteiger partial charge in [0.25, 0.3) is 0 Å². The molecule has 0 atom stereocenters. The lowest BCUT2D eigenvalue weighted by atomic mass is 9.73. The summed E-state index contributed by atoms with van der Waals surface area (Å²) in [5, 5.41) is 3.34. The van der Waals surface area contributed by atoms with E-state index in [4.69, 9.17) is 4.98 Å². The molecule has 1 saturated carbocycles. The summed E-state index contributed by atoms with van der Waals surface area (Å²) in [6.45, 7) is 4.03. The Kier molecular flexibility index (Phi) is 2.95. The second kappa shape index (κ2) is 4.45. The Balaban J connectivity index is 1.75. The lowest BCUT2D eigenvalue weighted by Crippen LogP contribution is -2.25. The van der Waals surface area contributed by atoms with E-state index < -0.39 is 0 Å². The van der Waals surface area contributed by atoms with Crippen LogP contribution >= 0.6 is 0 Å². The first-order valence-electron chi connectivity index (χ1n) is 7.09. The van der Waals surface area contributed by atoms with Crippen LogP contribution in [0.2, 0.25) is 0 Å². The van der Waals surface area contributed by atoms with Gasteiger partial charge in [-0.1, -0.05) is 19.8 Å². The maximum absolute atomic E-state index is 4.72. The quantitative estimate of drug-likeness (QED) is 0.842. The van der Waals surface area contributed by atoms with E-state index in [2.05, 4.69) is 17.2 Å². The second-order valence-electron chi connectivity index (χ2n) is 5.77. The Hall–Kier alpha value is -0.830. The number of nitrogens with zero attached hydrogens (tertiary/aromatic N) is 1. The highest BCUT2D eigenvalue weighted by atomic mass is 15.0. The standard InChI is InChI=1S/C14H23N3/c1-2-15-10-13-16-11-5-8-14(6-3-4-7-14)9-12(11)17-13/h15H,2-10H2,1H3,(H,16,17). The first kappa shape index (κ1) is 11.3. The number of nitrogens with one attached hydrogen (secondary N) is 2. The van der Waals surface area contributed by atoms with Crippen LogP contribution in [0.4, 0.5) is 0 Å². The van der Waals surface area contributed by atoms with Gasteiger partial charge >= 0.3 is 0 Å². The van der Waals surface area contributed by atoms with Crippen LogP contribution in [0.1, 0.15) is 56.2 Å². The third-order valence-electron chi connectivity index (χ3n) is 4.56. The summed E-state index contributed by atoms with van der Waals surface area (Å²) in [6.07, 6.45) is 9.56. The fourth-order valence-corrected chi connectivity index (χ4v) is 3.58. The van der Waals surface area contributed by atoms with Crippen LogP contribution in [0.25, 0.3) is 0 Å². The zero-order chi connectivity index (χ0) is 11.7. The summed E-state index contributed by atoms with van der Waals surface area (Å²) >= 11 is 0. The maximum Gasteiger partial charge on any atom is 0.120 e. The van der Waals surface area contributed by atoms with Gasteiger partial charge in [0, 0.05) is 5.69 Å². The van der Waals surface area contributed by atoms with Crippen molar-refractivity contribution in [1.82, 2.24) is 15.3 Å². The molecule has 2 aliphatic rings. The Morgan fingerprint density at radius 2 is 2.12 bits per heavy atom. The van der Waals surface area contributed by atoms with Crippen molar-refractivity contribution in [2.45, 2.75) is 58.4 Å². The molecule has 0 radical (unpaired) electrons. The van der Waals surface area contributed by atoms with Crippen molar-refractivity contribution in [2.24, 2.45) is 5.41 Å². The van der Waals surface area contributed by atoms with Gasteiger partial charge in [0.15, 0.2) is 0 Å². The van der Waals surface area contributed by atoms with E-state index in [0.29, 0.717) is 5.41 Å². The lowest BCUT2D eigenvalue weighted by Gasteiger charge is -2.32. The molecule has 3 nitrogen and oxygen atoms in total. The van der Waals surface area contributed by atoms with Crippen LogP contribution in [0.15, 0.2) is 0 Å². The smallest absolute Gasteiger partial charge is 0.120 e. The van der Waals surface area contributed by atoms with Gasteiger partial charge in [-0.2, -0.15) is 0 Å². The number of hydrogen-bond acceptors (Lipinski definition) is 2. The Labute approximate surface area is 103 Å². The first-order chi connectivity index (χ1) is 8.31. The first-order valence-corrected chi connectivity index (χ1v) is 7.09. The largest absolute Gasteiger partial charge is 0.345 e. The molecular formula is C14H23N3. The van der Waals surface area contributed by atoms with Gasteiger partial charge in [-0.15, -0.1) is 0 Å². The molecule has 2 N–H and O–H groups in total. The summed E-state index contributed by atoms with van der Waals surface area (Å²) in [5.74, 6) is 1.13. The van der Waals surface area contributed by atoms with Gasteiger partial charge < -0.3 is 10.3 Å². The van der Waals surface area contributed by atoms with Crippen LogP contribution in [-0.2, 0) is 19.4 Å². The fraction of sp³-hybridized carbons (Fsp3) is 0.786. The highest BCUT2D eigenvalue weighted by Crippen LogP contribution is 2.47. The number of rotatable bonds is 3. The van der Waals surface area contributed by atoms with E-state index in [1.54, 1.807) is 0 Å². The molecule has 3 rings (SSSR count). The molecule has 0 bridgehead atoms. The number of imidazole rings is 1. The third kappa shape index (κ3) is 2.13. The molecule has 1 aromatic heterocycles. The van der Waals surface area contributed by atoms with E-state index in [1.807, 2.05) is 0 Å². The van der Waals surface area contributed by atoms with Gasteiger partial charge in [0.2, 0.25) is 0 Å². The fourth-order valence-electron chi connectivity index (χ4n) is 3.58. The van der Waals surface area contributed by atoms with Crippen LogP contribution in [0.5, 0.6) is 0 Å². The van der Waals surface area contributed by atoms with Crippen LogP contribution in [0.3, 0.4) is 0 Å². The second-order valence-corrected chi connectivity index (χ2v) is 5.77. The van der Waals surface area contributed by atoms with Crippen LogP contribution < -0.4 is 5.32 Å². The number of fused-ring (bicyclic) bond motifs is 1. The van der Waals surface area contributed by atoms with E-state index >= 15 is 0 Å². The molecule has 94 valence electrons. The van der Waals surface area contributed by atoms with E-state index in [-0.39, 0.29) is 0 Å². The van der Waals surface area contributed by atoms with Gasteiger partial charge in [-0.25, -0.2) is 4.98 Å². The van der Waals surface area contributed by atoms with E-state index in [0.717, 1.165) is 18.9 Å². The molecule has 0 saturated heterocycles. The highest BCUT2D eigenvalue weighted by molar-refractivity contribution is 5.21. The number of H-pyrrole nitrogens is 1. The van der Waals surface area contributed by atoms with Crippen molar-refractivity contribution in [3.8, 4) is 0 Å². The molecule has 0 aliphatic heterocycles. The predicted molar refractivity (Wildman–Crippen MR) is 68.9 cm³/mol. The molecule has 0 amide bonds. The molecule has 0 unspecified atom stereocenters. The monoisotopic (exact) mass is 233 g/mol. The minimum atomic E-state index is 0.634. The topological polar surface area (TPSA) is 40.7 Å². The Bertz CT molecular complexity index is 388. The van der Waals surface area contributed by atoms with Crippen molar-refractivity contribution >= 4 is 0 Å². The average molecular weight is 233 g/mol. The van der Waals surface area contributed by atoms with E-state index in [9.17, 15) is 0 Å². The minimum absolute atomic E-state index is 0.634. The van der Waals surface area contributed by atoms with E-state index in [1.165, 1.54) is 56.3 Å². The zero-order valence-corrected chi connectivity index (χ0v) is 10.8. The molecule has 2 aliphatic carbocycles. The van der Waals surface area contributed by atoms with Gasteiger partial charge in [-0.05, 0) is 44.1 Å². The summed E-state index contributed by atoms with van der Waals surface area (Å²) in [6, 6.07) is 0. The van der Waals surface area contributed by atoms with Crippen molar-refractivity contribution in [1.29, 1.82) is 0 Å². The predicted octanol–water partition coefficient (Wildman–Crippen LogP) is 2.57. The Morgan fingerprint density at radius 3 is 2.88 bits per heavy atom. The molecule has 0 aromatic carbocycles. The maximum atomic E-state index is 4.72. The number of aryl methyl sites for hydroxylation is 1. The highest BCUT2D eigenvalue weighted by Gasteiger charge is 2.38. The number of aromatic amines is 1. The minimum Gasteiger partial charge on any atom is -0.345 e. The zero-order valence-electron chi connectivity index (χ0n) is 10.8. The van der Waals surface area contributed by atoms with Crippen LogP contribution in [0, 0.1) is 5.41 Å². The summed E-state index contributed by atoms with van der Waals surface area (Å²) in [7, 11) is 0. The van der Waals surface area contributed by atoms with Gasteiger partial charge in [0.05, 0.1) is 12.2 Å². The molecule has 3 heteroatoms. The van der Waals surface area contributed by atoms with Crippen molar-refractivity contribution in [2.75, 3.05) is 6.54 Å². The molecule has 1 spiro atoms. The third-order valence-corrected chi connectivity index (χ3v) is 4.56. The van der Waals surface area contributed by atoms with Crippen molar-refractivity contribution in [3.05, 3.63) is 17.2 Å².